The van der Waals surface area contributed by atoms with Crippen LogP contribution in [0.3, 0.4) is 0 Å². The molecule has 0 atom stereocenters. The van der Waals surface area contributed by atoms with Crippen molar-refractivity contribution in [3.63, 3.8) is 0 Å². The lowest BCUT2D eigenvalue weighted by molar-refractivity contribution is -0.389. The van der Waals surface area contributed by atoms with E-state index >= 15 is 0 Å². The number of ether oxygens (including phenoxy) is 1. The minimum atomic E-state index is -4.44. The van der Waals surface area contributed by atoms with E-state index in [1.165, 1.54) is 22.9 Å². The van der Waals surface area contributed by atoms with E-state index in [2.05, 4.69) is 10.3 Å². The number of carbonyl (C=O) groups is 1. The van der Waals surface area contributed by atoms with E-state index in [0.717, 1.165) is 12.1 Å². The van der Waals surface area contributed by atoms with Gasteiger partial charge in [0.15, 0.2) is 0 Å². The van der Waals surface area contributed by atoms with Crippen LogP contribution in [0.15, 0.2) is 30.5 Å². The van der Waals surface area contributed by atoms with Crippen LogP contribution >= 0.6 is 0 Å². The largest absolute Gasteiger partial charge is 0.444 e. The fraction of sp³-hybridized carbons (Fsp3) is 0.412. The Labute approximate surface area is 163 Å². The van der Waals surface area contributed by atoms with Gasteiger partial charge < -0.3 is 20.2 Å². The predicted molar refractivity (Wildman–Crippen MR) is 94.1 cm³/mol. The number of fused-ring (bicyclic) bond motifs is 1. The highest BCUT2D eigenvalue weighted by molar-refractivity contribution is 5.78. The van der Waals surface area contributed by atoms with Crippen LogP contribution in [0.5, 0.6) is 6.01 Å². The number of aromatic nitrogens is 2. The molecule has 1 aromatic heterocycles. The van der Waals surface area contributed by atoms with Gasteiger partial charge in [-0.15, -0.1) is 0 Å². The van der Waals surface area contributed by atoms with Crippen LogP contribution in [0.25, 0.3) is 0 Å². The van der Waals surface area contributed by atoms with Crippen LogP contribution in [-0.2, 0) is 24.1 Å². The number of hydrogen-bond donors (Lipinski definition) is 1. The van der Waals surface area contributed by atoms with Gasteiger partial charge in [0, 0.05) is 31.2 Å². The third kappa shape index (κ3) is 5.44. The molecule has 1 N–H and O–H groups in total. The number of nitrogens with one attached hydrogen (secondary N) is 1. The Kier molecular flexibility index (Phi) is 6.01. The molecule has 2 heterocycles. The van der Waals surface area contributed by atoms with E-state index < -0.39 is 16.7 Å². The third-order valence-corrected chi connectivity index (χ3v) is 4.32. The molecule has 0 radical (unpaired) electrons. The Bertz CT molecular complexity index is 899. The molecule has 1 aromatic carbocycles. The van der Waals surface area contributed by atoms with Gasteiger partial charge in [-0.25, -0.2) is 0 Å². The SMILES string of the molecule is O=C(CN1CCOc2nc([N+](=O)[O-])cn2CC1)NCc1cccc(C(F)(F)F)c1. The highest BCUT2D eigenvalue weighted by Gasteiger charge is 2.30. The van der Waals surface area contributed by atoms with Gasteiger partial charge in [-0.2, -0.15) is 13.2 Å². The zero-order valence-corrected chi connectivity index (χ0v) is 15.2. The minimum absolute atomic E-state index is 0.0223. The van der Waals surface area contributed by atoms with Crippen LogP contribution < -0.4 is 10.1 Å². The van der Waals surface area contributed by atoms with Crippen molar-refractivity contribution in [1.29, 1.82) is 0 Å². The second kappa shape index (κ2) is 8.47. The number of nitrogens with zero attached hydrogens (tertiary/aromatic N) is 4. The lowest BCUT2D eigenvalue weighted by Crippen LogP contribution is -2.41. The number of rotatable bonds is 5. The molecule has 0 bridgehead atoms. The summed E-state index contributed by atoms with van der Waals surface area (Å²) >= 11 is 0. The monoisotopic (exact) mass is 413 g/mol. The third-order valence-electron chi connectivity index (χ3n) is 4.32. The van der Waals surface area contributed by atoms with E-state index in [0.29, 0.717) is 25.2 Å². The number of amides is 1. The van der Waals surface area contributed by atoms with Gasteiger partial charge in [-0.1, -0.05) is 12.1 Å². The van der Waals surface area contributed by atoms with E-state index in [1.54, 1.807) is 4.90 Å². The zero-order chi connectivity index (χ0) is 21.0. The Morgan fingerprint density at radius 1 is 1.31 bits per heavy atom. The quantitative estimate of drug-likeness (QED) is 0.593. The van der Waals surface area contributed by atoms with Gasteiger partial charge in [0.1, 0.15) is 12.8 Å². The van der Waals surface area contributed by atoms with E-state index in [1.807, 2.05) is 0 Å². The van der Waals surface area contributed by atoms with Crippen molar-refractivity contribution in [3.8, 4) is 6.01 Å². The van der Waals surface area contributed by atoms with Crippen molar-refractivity contribution >= 4 is 11.7 Å². The van der Waals surface area contributed by atoms with Gasteiger partial charge in [-0.3, -0.25) is 14.3 Å². The van der Waals surface area contributed by atoms with Crippen LogP contribution in [0.2, 0.25) is 0 Å². The molecule has 0 unspecified atom stereocenters. The van der Waals surface area contributed by atoms with Crippen LogP contribution in [0, 0.1) is 10.1 Å². The summed E-state index contributed by atoms with van der Waals surface area (Å²) in [6.07, 6.45) is -3.17. The molecule has 0 saturated carbocycles. The summed E-state index contributed by atoms with van der Waals surface area (Å²) in [7, 11) is 0. The summed E-state index contributed by atoms with van der Waals surface area (Å²) < 4.78 is 45.2. The molecule has 1 aliphatic rings. The van der Waals surface area contributed by atoms with Crippen molar-refractivity contribution in [2.45, 2.75) is 19.3 Å². The maximum absolute atomic E-state index is 12.7. The molecule has 0 saturated heterocycles. The number of halogens is 3. The number of nitro groups is 1. The fourth-order valence-electron chi connectivity index (χ4n) is 2.85. The second-order valence-corrected chi connectivity index (χ2v) is 6.43. The molecule has 1 amide bonds. The van der Waals surface area contributed by atoms with Gasteiger partial charge in [0.2, 0.25) is 5.91 Å². The molecule has 2 aromatic rings. The van der Waals surface area contributed by atoms with Crippen molar-refractivity contribution in [1.82, 2.24) is 19.8 Å². The topological polar surface area (TPSA) is 103 Å². The molecule has 156 valence electrons. The van der Waals surface area contributed by atoms with E-state index in [-0.39, 0.29) is 37.4 Å². The Morgan fingerprint density at radius 2 is 2.10 bits per heavy atom. The molecule has 9 nitrogen and oxygen atoms in total. The number of carbonyl (C=O) groups excluding carboxylic acids is 1. The highest BCUT2D eigenvalue weighted by atomic mass is 19.4. The standard InChI is InChI=1S/C17H18F3N5O4/c18-17(19,20)13-3-1-2-12(8-13)9-21-15(26)11-23-4-5-24-10-14(25(27)28)22-16(24)29-7-6-23/h1-3,8,10H,4-7,9,11H2,(H,21,26). The first-order chi connectivity index (χ1) is 13.7. The molecular formula is C17H18F3N5O4. The van der Waals surface area contributed by atoms with Crippen LogP contribution in [0.4, 0.5) is 19.0 Å². The average Bonchev–Trinajstić information content (AvgIpc) is 3.04. The first-order valence-electron chi connectivity index (χ1n) is 8.72. The van der Waals surface area contributed by atoms with Gasteiger partial charge in [0.25, 0.3) is 0 Å². The zero-order valence-electron chi connectivity index (χ0n) is 15.2. The van der Waals surface area contributed by atoms with Gasteiger partial charge in [-0.05, 0) is 22.6 Å². The van der Waals surface area contributed by atoms with Crippen molar-refractivity contribution in [2.75, 3.05) is 26.2 Å². The normalized spacial score (nSPS) is 15.0. The fourth-order valence-corrected chi connectivity index (χ4v) is 2.85. The maximum Gasteiger partial charge on any atom is 0.416 e. The average molecular weight is 413 g/mol. The molecule has 0 aliphatic carbocycles. The van der Waals surface area contributed by atoms with E-state index in [4.69, 9.17) is 4.74 Å². The Morgan fingerprint density at radius 3 is 2.83 bits per heavy atom. The first kappa shape index (κ1) is 20.6. The molecule has 3 rings (SSSR count). The maximum atomic E-state index is 12.7. The molecule has 29 heavy (non-hydrogen) atoms. The van der Waals surface area contributed by atoms with Crippen molar-refractivity contribution < 1.29 is 27.6 Å². The number of benzene rings is 1. The molecular weight excluding hydrogens is 395 g/mol. The van der Waals surface area contributed by atoms with Crippen molar-refractivity contribution in [3.05, 3.63) is 51.7 Å². The van der Waals surface area contributed by atoms with Crippen LogP contribution in [0.1, 0.15) is 11.1 Å². The molecule has 0 fully saturated rings. The summed E-state index contributed by atoms with van der Waals surface area (Å²) in [5.74, 6) is -0.660. The first-order valence-corrected chi connectivity index (χ1v) is 8.72. The predicted octanol–water partition coefficient (Wildman–Crippen LogP) is 1.82. The Balaban J connectivity index is 1.52. The summed E-state index contributed by atoms with van der Waals surface area (Å²) in [4.78, 5) is 28.0. The summed E-state index contributed by atoms with van der Waals surface area (Å²) in [5, 5.41) is 13.4. The number of alkyl halides is 3. The summed E-state index contributed by atoms with van der Waals surface area (Å²) in [6, 6.07) is 4.93. The smallest absolute Gasteiger partial charge is 0.416 e. The molecule has 0 spiro atoms. The molecule has 12 heteroatoms. The van der Waals surface area contributed by atoms with Crippen molar-refractivity contribution in [2.24, 2.45) is 0 Å². The summed E-state index contributed by atoms with van der Waals surface area (Å²) in [6.45, 7) is 1.37. The second-order valence-electron chi connectivity index (χ2n) is 6.43. The van der Waals surface area contributed by atoms with Crippen LogP contribution in [-0.4, -0.2) is 51.5 Å². The number of imidazole rings is 1. The number of hydrogen-bond acceptors (Lipinski definition) is 6. The molecule has 1 aliphatic heterocycles. The Hall–Kier alpha value is -3.15. The minimum Gasteiger partial charge on any atom is -0.444 e. The lowest BCUT2D eigenvalue weighted by atomic mass is 10.1. The summed E-state index contributed by atoms with van der Waals surface area (Å²) in [5.41, 5.74) is -0.421. The van der Waals surface area contributed by atoms with E-state index in [9.17, 15) is 28.1 Å². The highest BCUT2D eigenvalue weighted by Crippen LogP contribution is 2.29. The van der Waals surface area contributed by atoms with Gasteiger partial charge >= 0.3 is 18.0 Å². The van der Waals surface area contributed by atoms with Gasteiger partial charge in [0.05, 0.1) is 12.1 Å². The lowest BCUT2D eigenvalue weighted by Gasteiger charge is -2.23.